The standard InChI is InChI=1S/C23H31NO4/c1-23(2,3)18-11-7-8-12-20(18)28-17-14-21(25)24(15-17)19(22(26)27)13-16-9-5-4-6-10-16/h7-8,11-12,14,16,19H,4-6,9-10,13,15H2,1-3H3,(H,26,27)/t19-/m0/s1. The van der Waals surface area contributed by atoms with Gasteiger partial charge in [-0.3, -0.25) is 4.79 Å². The predicted molar refractivity (Wildman–Crippen MR) is 108 cm³/mol. The molecule has 1 fully saturated rings. The van der Waals surface area contributed by atoms with Gasteiger partial charge >= 0.3 is 5.97 Å². The third-order valence-corrected chi connectivity index (χ3v) is 5.77. The molecule has 3 rings (SSSR count). The van der Waals surface area contributed by atoms with Crippen molar-refractivity contribution >= 4 is 11.9 Å². The average Bonchev–Trinajstić information content (AvgIpc) is 2.99. The van der Waals surface area contributed by atoms with Gasteiger partial charge < -0.3 is 14.7 Å². The highest BCUT2D eigenvalue weighted by molar-refractivity contribution is 5.94. The summed E-state index contributed by atoms with van der Waals surface area (Å²) in [6.07, 6.45) is 7.62. The highest BCUT2D eigenvalue weighted by atomic mass is 16.5. The first-order valence-corrected chi connectivity index (χ1v) is 10.3. The van der Waals surface area contributed by atoms with Crippen LogP contribution in [0.3, 0.4) is 0 Å². The molecule has 0 saturated heterocycles. The Bertz CT molecular complexity index is 756. The van der Waals surface area contributed by atoms with E-state index in [1.807, 2.05) is 24.3 Å². The Morgan fingerprint density at radius 2 is 1.89 bits per heavy atom. The van der Waals surface area contributed by atoms with Crippen molar-refractivity contribution in [2.75, 3.05) is 6.54 Å². The molecule has 5 heteroatoms. The minimum atomic E-state index is -0.927. The molecule has 0 aromatic heterocycles. The van der Waals surface area contributed by atoms with Crippen LogP contribution >= 0.6 is 0 Å². The van der Waals surface area contributed by atoms with Crippen molar-refractivity contribution in [1.82, 2.24) is 4.90 Å². The summed E-state index contributed by atoms with van der Waals surface area (Å²) in [5.74, 6) is 0.413. The van der Waals surface area contributed by atoms with Crippen molar-refractivity contribution < 1.29 is 19.4 Å². The Kier molecular flexibility index (Phi) is 6.11. The number of hydrogen-bond acceptors (Lipinski definition) is 3. The van der Waals surface area contributed by atoms with Crippen LogP contribution in [0.2, 0.25) is 0 Å². The van der Waals surface area contributed by atoms with Crippen LogP contribution in [-0.4, -0.2) is 34.5 Å². The lowest BCUT2D eigenvalue weighted by Gasteiger charge is -2.30. The van der Waals surface area contributed by atoms with Crippen molar-refractivity contribution in [1.29, 1.82) is 0 Å². The Labute approximate surface area is 167 Å². The minimum absolute atomic E-state index is 0.0932. The predicted octanol–water partition coefficient (Wildman–Crippen LogP) is 4.51. The van der Waals surface area contributed by atoms with Crippen molar-refractivity contribution in [2.24, 2.45) is 5.92 Å². The lowest BCUT2D eigenvalue weighted by atomic mass is 9.84. The fraction of sp³-hybridized carbons (Fsp3) is 0.565. The molecule has 0 spiro atoms. The first kappa shape index (κ1) is 20.4. The Morgan fingerprint density at radius 3 is 2.54 bits per heavy atom. The van der Waals surface area contributed by atoms with Gasteiger partial charge in [0.25, 0.3) is 5.91 Å². The third kappa shape index (κ3) is 4.75. The molecule has 1 aliphatic carbocycles. The molecule has 2 aliphatic rings. The zero-order valence-electron chi connectivity index (χ0n) is 17.1. The molecule has 0 unspecified atom stereocenters. The topological polar surface area (TPSA) is 66.8 Å². The largest absolute Gasteiger partial charge is 0.480 e. The van der Waals surface area contributed by atoms with E-state index in [2.05, 4.69) is 20.8 Å². The van der Waals surface area contributed by atoms with E-state index < -0.39 is 12.0 Å². The first-order chi connectivity index (χ1) is 13.3. The number of carbonyl (C=O) groups is 2. The van der Waals surface area contributed by atoms with Crippen LogP contribution in [-0.2, 0) is 15.0 Å². The third-order valence-electron chi connectivity index (χ3n) is 5.77. The van der Waals surface area contributed by atoms with Gasteiger partial charge in [-0.05, 0) is 23.8 Å². The molecule has 0 bridgehead atoms. The van der Waals surface area contributed by atoms with E-state index >= 15 is 0 Å². The summed E-state index contributed by atoms with van der Waals surface area (Å²) in [7, 11) is 0. The van der Waals surface area contributed by atoms with Gasteiger partial charge in [0.1, 0.15) is 17.6 Å². The van der Waals surface area contributed by atoms with Crippen molar-refractivity contribution in [3.63, 3.8) is 0 Å². The summed E-state index contributed by atoms with van der Waals surface area (Å²) in [5, 5.41) is 9.75. The van der Waals surface area contributed by atoms with E-state index in [1.54, 1.807) is 0 Å². The van der Waals surface area contributed by atoms with Gasteiger partial charge in [0.05, 0.1) is 6.54 Å². The van der Waals surface area contributed by atoms with Gasteiger partial charge in [0, 0.05) is 11.6 Å². The molecule has 1 heterocycles. The second kappa shape index (κ2) is 8.38. The summed E-state index contributed by atoms with van der Waals surface area (Å²) in [4.78, 5) is 25.9. The van der Waals surface area contributed by atoms with Gasteiger partial charge in [-0.1, -0.05) is 71.1 Å². The van der Waals surface area contributed by atoms with E-state index in [0.29, 0.717) is 18.1 Å². The molecular weight excluding hydrogens is 354 g/mol. The first-order valence-electron chi connectivity index (χ1n) is 10.3. The molecule has 1 saturated carbocycles. The zero-order valence-corrected chi connectivity index (χ0v) is 17.1. The lowest BCUT2D eigenvalue weighted by Crippen LogP contribution is -2.44. The lowest BCUT2D eigenvalue weighted by molar-refractivity contribution is -0.148. The van der Waals surface area contributed by atoms with Crippen molar-refractivity contribution in [2.45, 2.75) is 70.8 Å². The molecule has 28 heavy (non-hydrogen) atoms. The summed E-state index contributed by atoms with van der Waals surface area (Å²) in [5.41, 5.74) is 0.961. The number of rotatable bonds is 6. The number of nitrogens with zero attached hydrogens (tertiary/aromatic N) is 1. The molecule has 1 N–H and O–H groups in total. The molecule has 1 amide bonds. The van der Waals surface area contributed by atoms with Gasteiger partial charge in [-0.2, -0.15) is 0 Å². The summed E-state index contributed by atoms with van der Waals surface area (Å²) >= 11 is 0. The number of hydrogen-bond donors (Lipinski definition) is 1. The highest BCUT2D eigenvalue weighted by Gasteiger charge is 2.36. The van der Waals surface area contributed by atoms with Gasteiger partial charge in [-0.25, -0.2) is 4.79 Å². The summed E-state index contributed by atoms with van der Waals surface area (Å²) in [6, 6.07) is 7.01. The van der Waals surface area contributed by atoms with E-state index in [4.69, 9.17) is 4.74 Å². The Morgan fingerprint density at radius 1 is 1.21 bits per heavy atom. The SMILES string of the molecule is CC(C)(C)c1ccccc1OC1=CC(=O)N([C@@H](CC2CCCCC2)C(=O)O)C1. The zero-order chi connectivity index (χ0) is 20.3. The maximum absolute atomic E-state index is 12.6. The number of carboxylic acid groups (broad SMARTS) is 1. The van der Waals surface area contributed by atoms with E-state index in [0.717, 1.165) is 37.0 Å². The monoisotopic (exact) mass is 385 g/mol. The molecule has 0 radical (unpaired) electrons. The normalized spacial score (nSPS) is 19.5. The minimum Gasteiger partial charge on any atom is -0.480 e. The van der Waals surface area contributed by atoms with Crippen LogP contribution in [0.25, 0.3) is 0 Å². The second-order valence-corrected chi connectivity index (χ2v) is 9.02. The number of benzene rings is 1. The Hall–Kier alpha value is -2.30. The number of para-hydroxylation sites is 1. The maximum atomic E-state index is 12.6. The van der Waals surface area contributed by atoms with E-state index in [1.165, 1.54) is 17.4 Å². The van der Waals surface area contributed by atoms with E-state index in [9.17, 15) is 14.7 Å². The van der Waals surface area contributed by atoms with Gasteiger partial charge in [0.2, 0.25) is 0 Å². The van der Waals surface area contributed by atoms with Gasteiger partial charge in [-0.15, -0.1) is 0 Å². The van der Waals surface area contributed by atoms with Crippen molar-refractivity contribution in [3.8, 4) is 5.75 Å². The molecule has 1 aromatic carbocycles. The second-order valence-electron chi connectivity index (χ2n) is 9.02. The number of carbonyl (C=O) groups excluding carboxylic acids is 1. The summed E-state index contributed by atoms with van der Waals surface area (Å²) in [6.45, 7) is 6.54. The summed E-state index contributed by atoms with van der Waals surface area (Å²) < 4.78 is 6.06. The number of ether oxygens (including phenoxy) is 1. The maximum Gasteiger partial charge on any atom is 0.326 e. The highest BCUT2D eigenvalue weighted by Crippen LogP contribution is 2.34. The molecule has 152 valence electrons. The quantitative estimate of drug-likeness (QED) is 0.782. The van der Waals surface area contributed by atoms with Crippen LogP contribution in [0.5, 0.6) is 5.75 Å². The Balaban J connectivity index is 1.71. The average molecular weight is 386 g/mol. The number of aliphatic carboxylic acids is 1. The van der Waals surface area contributed by atoms with Crippen LogP contribution in [0, 0.1) is 5.92 Å². The van der Waals surface area contributed by atoms with Crippen LogP contribution < -0.4 is 4.74 Å². The molecule has 1 atom stereocenters. The van der Waals surface area contributed by atoms with Crippen molar-refractivity contribution in [3.05, 3.63) is 41.7 Å². The fourth-order valence-electron chi connectivity index (χ4n) is 4.25. The fourth-order valence-corrected chi connectivity index (χ4v) is 4.25. The molecule has 1 aliphatic heterocycles. The van der Waals surface area contributed by atoms with Crippen LogP contribution in [0.4, 0.5) is 0 Å². The van der Waals surface area contributed by atoms with E-state index in [-0.39, 0.29) is 17.9 Å². The van der Waals surface area contributed by atoms with Crippen LogP contribution in [0.1, 0.15) is 64.9 Å². The number of carboxylic acids is 1. The molecule has 1 aromatic rings. The number of amides is 1. The van der Waals surface area contributed by atoms with Gasteiger partial charge in [0.15, 0.2) is 0 Å². The molecule has 5 nitrogen and oxygen atoms in total. The van der Waals surface area contributed by atoms with Crippen LogP contribution in [0.15, 0.2) is 36.1 Å². The smallest absolute Gasteiger partial charge is 0.326 e. The molecular formula is C23H31NO4.